The van der Waals surface area contributed by atoms with Gasteiger partial charge in [0.1, 0.15) is 5.75 Å². The second-order valence-corrected chi connectivity index (χ2v) is 8.33. The minimum Gasteiger partial charge on any atom is -0.497 e. The van der Waals surface area contributed by atoms with Gasteiger partial charge in [-0.3, -0.25) is 9.59 Å². The van der Waals surface area contributed by atoms with Crippen LogP contribution in [0.5, 0.6) is 5.75 Å². The summed E-state index contributed by atoms with van der Waals surface area (Å²) < 4.78 is 5.17. The maximum atomic E-state index is 12.9. The summed E-state index contributed by atoms with van der Waals surface area (Å²) in [5, 5.41) is 3.30. The number of nitrogens with one attached hydrogen (secondary N) is 1. The number of piperidine rings is 1. The number of nitrogens with zero attached hydrogens (tertiary/aromatic N) is 4. The first-order chi connectivity index (χ1) is 14.6. The molecule has 3 saturated heterocycles. The van der Waals surface area contributed by atoms with Gasteiger partial charge in [-0.1, -0.05) is 0 Å². The summed E-state index contributed by atoms with van der Waals surface area (Å²) in [7, 11) is 1.61. The van der Waals surface area contributed by atoms with Gasteiger partial charge >= 0.3 is 0 Å². The Kier molecular flexibility index (Phi) is 4.56. The Hall–Kier alpha value is -3.16. The van der Waals surface area contributed by atoms with E-state index in [0.29, 0.717) is 31.1 Å². The fraction of sp³-hybridized carbons (Fsp3) is 0.455. The number of carbonyl (C=O) groups excluding carboxylic acids is 2. The van der Waals surface area contributed by atoms with E-state index in [9.17, 15) is 9.59 Å². The monoisotopic (exact) mass is 407 g/mol. The zero-order valence-electron chi connectivity index (χ0n) is 17.0. The van der Waals surface area contributed by atoms with E-state index in [2.05, 4.69) is 20.2 Å². The molecule has 1 N–H and O–H groups in total. The lowest BCUT2D eigenvalue weighted by Gasteiger charge is -2.42. The third-order valence-electron chi connectivity index (χ3n) is 6.85. The minimum absolute atomic E-state index is 0.0270. The van der Waals surface area contributed by atoms with Gasteiger partial charge in [0.05, 0.1) is 13.0 Å². The van der Waals surface area contributed by atoms with E-state index >= 15 is 0 Å². The van der Waals surface area contributed by atoms with Crippen LogP contribution in [0.4, 0.5) is 5.95 Å². The highest BCUT2D eigenvalue weighted by Gasteiger charge is 2.57. The van der Waals surface area contributed by atoms with Crippen LogP contribution in [0.25, 0.3) is 0 Å². The molecule has 3 fully saturated rings. The van der Waals surface area contributed by atoms with Crippen molar-refractivity contribution in [2.24, 2.45) is 11.8 Å². The number of carbonyl (C=O) groups is 2. The number of likely N-dealkylation sites (tertiary alicyclic amines) is 1. The van der Waals surface area contributed by atoms with Crippen LogP contribution in [-0.4, -0.2) is 65.5 Å². The van der Waals surface area contributed by atoms with Gasteiger partial charge in [-0.05, 0) is 43.2 Å². The molecule has 8 heteroatoms. The van der Waals surface area contributed by atoms with Gasteiger partial charge in [0.25, 0.3) is 5.91 Å². The molecule has 5 rings (SSSR count). The molecule has 156 valence electrons. The quantitative estimate of drug-likeness (QED) is 0.826. The van der Waals surface area contributed by atoms with Gasteiger partial charge in [0.15, 0.2) is 0 Å². The van der Waals surface area contributed by atoms with E-state index in [-0.39, 0.29) is 29.2 Å². The second-order valence-electron chi connectivity index (χ2n) is 8.33. The highest BCUT2D eigenvalue weighted by Crippen LogP contribution is 2.44. The molecule has 30 heavy (non-hydrogen) atoms. The molecule has 2 aromatic rings. The van der Waals surface area contributed by atoms with Crippen LogP contribution in [0.3, 0.4) is 0 Å². The van der Waals surface area contributed by atoms with Crippen molar-refractivity contribution >= 4 is 17.8 Å². The number of hydrogen-bond acceptors (Lipinski definition) is 6. The molecule has 4 heterocycles. The normalized spacial score (nSPS) is 24.6. The summed E-state index contributed by atoms with van der Waals surface area (Å²) >= 11 is 0. The lowest BCUT2D eigenvalue weighted by Crippen LogP contribution is -2.56. The largest absolute Gasteiger partial charge is 0.497 e. The summed E-state index contributed by atoms with van der Waals surface area (Å²) in [4.78, 5) is 38.3. The zero-order valence-corrected chi connectivity index (χ0v) is 17.0. The molecule has 0 saturated carbocycles. The molecule has 1 aromatic carbocycles. The maximum absolute atomic E-state index is 12.9. The second kappa shape index (κ2) is 7.27. The van der Waals surface area contributed by atoms with Crippen molar-refractivity contribution in [3.63, 3.8) is 0 Å². The molecule has 8 nitrogen and oxygen atoms in total. The first kappa shape index (κ1) is 18.8. The van der Waals surface area contributed by atoms with Crippen LogP contribution < -0.4 is 15.0 Å². The fourth-order valence-electron chi connectivity index (χ4n) is 5.20. The molecule has 3 aliphatic heterocycles. The summed E-state index contributed by atoms with van der Waals surface area (Å²) in [5.41, 5.74) is 0.412. The predicted octanol–water partition coefficient (Wildman–Crippen LogP) is 1.34. The van der Waals surface area contributed by atoms with Crippen LogP contribution in [0.2, 0.25) is 0 Å². The highest BCUT2D eigenvalue weighted by molar-refractivity contribution is 5.94. The molecular weight excluding hydrogens is 382 g/mol. The average molecular weight is 407 g/mol. The Bertz CT molecular complexity index is 941. The van der Waals surface area contributed by atoms with Gasteiger partial charge in [-0.2, -0.15) is 0 Å². The topological polar surface area (TPSA) is 87.7 Å². The maximum Gasteiger partial charge on any atom is 0.253 e. The molecule has 0 radical (unpaired) electrons. The van der Waals surface area contributed by atoms with E-state index in [4.69, 9.17) is 4.74 Å². The Balaban J connectivity index is 1.28. The number of ether oxygens (including phenoxy) is 1. The van der Waals surface area contributed by atoms with Crippen LogP contribution in [0, 0.1) is 11.8 Å². The lowest BCUT2D eigenvalue weighted by atomic mass is 9.75. The van der Waals surface area contributed by atoms with Crippen LogP contribution in [-0.2, 0) is 4.79 Å². The zero-order chi connectivity index (χ0) is 20.7. The number of aromatic nitrogens is 2. The number of anilines is 1. The van der Waals surface area contributed by atoms with Crippen molar-refractivity contribution in [3.05, 3.63) is 48.3 Å². The lowest BCUT2D eigenvalue weighted by molar-refractivity contribution is -0.122. The van der Waals surface area contributed by atoms with E-state index < -0.39 is 0 Å². The predicted molar refractivity (Wildman–Crippen MR) is 110 cm³/mol. The Labute approximate surface area is 175 Å². The molecular formula is C22H25N5O3. The third-order valence-corrected chi connectivity index (χ3v) is 6.85. The van der Waals surface area contributed by atoms with E-state index in [1.165, 1.54) is 0 Å². The number of rotatable bonds is 3. The van der Waals surface area contributed by atoms with Crippen molar-refractivity contribution < 1.29 is 14.3 Å². The van der Waals surface area contributed by atoms with Crippen molar-refractivity contribution in [1.82, 2.24) is 20.2 Å². The Morgan fingerprint density at radius 2 is 1.83 bits per heavy atom. The highest BCUT2D eigenvalue weighted by atomic mass is 16.5. The Morgan fingerprint density at radius 1 is 1.13 bits per heavy atom. The number of amides is 2. The number of fused-ring (bicyclic) bond motifs is 2. The molecule has 0 bridgehead atoms. The number of methoxy groups -OCH3 is 1. The van der Waals surface area contributed by atoms with Gasteiger partial charge < -0.3 is 19.9 Å². The molecule has 2 atom stereocenters. The smallest absolute Gasteiger partial charge is 0.253 e. The van der Waals surface area contributed by atoms with Crippen LogP contribution >= 0.6 is 0 Å². The van der Waals surface area contributed by atoms with Crippen molar-refractivity contribution in [3.8, 4) is 5.75 Å². The van der Waals surface area contributed by atoms with Crippen molar-refractivity contribution in [2.75, 3.05) is 38.2 Å². The molecule has 0 unspecified atom stereocenters. The van der Waals surface area contributed by atoms with Gasteiger partial charge in [-0.25, -0.2) is 9.97 Å². The first-order valence-corrected chi connectivity index (χ1v) is 10.4. The standard InChI is InChI=1S/C22H25N5O3/c1-30-16-5-3-15(4-6-16)20(29)26-11-7-22(8-12-26)18-14-27(13-17(18)19(28)25-22)21-23-9-2-10-24-21/h2-6,9-10,17-18H,7-8,11-14H2,1H3,(H,25,28)/t17-,18+/m1/s1. The number of benzene rings is 1. The first-order valence-electron chi connectivity index (χ1n) is 10.4. The fourth-order valence-corrected chi connectivity index (χ4v) is 5.20. The van der Waals surface area contributed by atoms with Crippen molar-refractivity contribution in [2.45, 2.75) is 18.4 Å². The summed E-state index contributed by atoms with van der Waals surface area (Å²) in [6, 6.07) is 9.00. The van der Waals surface area contributed by atoms with Crippen molar-refractivity contribution in [1.29, 1.82) is 0 Å². The van der Waals surface area contributed by atoms with Crippen LogP contribution in [0.1, 0.15) is 23.2 Å². The van der Waals surface area contributed by atoms with Gasteiger partial charge in [0, 0.05) is 55.6 Å². The van der Waals surface area contributed by atoms with Crippen LogP contribution in [0.15, 0.2) is 42.7 Å². The SMILES string of the molecule is COc1ccc(C(=O)N2CCC3(CC2)NC(=O)[C@@H]2CN(c4ncccn4)C[C@@H]23)cc1. The average Bonchev–Trinajstić information content (AvgIpc) is 3.35. The molecule has 2 amide bonds. The molecule has 3 aliphatic rings. The van der Waals surface area contributed by atoms with E-state index in [1.807, 2.05) is 4.90 Å². The van der Waals surface area contributed by atoms with Gasteiger partial charge in [-0.15, -0.1) is 0 Å². The minimum atomic E-state index is -0.248. The molecule has 1 aromatic heterocycles. The van der Waals surface area contributed by atoms with Gasteiger partial charge in [0.2, 0.25) is 11.9 Å². The third kappa shape index (κ3) is 3.07. The summed E-state index contributed by atoms with van der Waals surface area (Å²) in [5.74, 6) is 1.73. The summed E-state index contributed by atoms with van der Waals surface area (Å²) in [6.07, 6.45) is 5.00. The van der Waals surface area contributed by atoms with E-state index in [1.54, 1.807) is 49.8 Å². The summed E-state index contributed by atoms with van der Waals surface area (Å²) in [6.45, 7) is 2.68. The van der Waals surface area contributed by atoms with E-state index in [0.717, 1.165) is 25.1 Å². The number of hydrogen-bond donors (Lipinski definition) is 1. The molecule has 1 spiro atoms. The molecule has 0 aliphatic carbocycles. The Morgan fingerprint density at radius 3 is 2.50 bits per heavy atom.